The number of hydrogen-bond donors (Lipinski definition) is 0. The van der Waals surface area contributed by atoms with Crippen LogP contribution < -0.4 is 0 Å². The SMILES string of the molecule is CC(C)(C)OC(=O)N1CCC(C)(N2CCC(Cc3ccc(I)cc3)CC2)CC1. The number of piperidine rings is 2. The molecule has 28 heavy (non-hydrogen) atoms. The van der Waals surface area contributed by atoms with E-state index in [1.807, 2.05) is 25.7 Å². The molecule has 0 bridgehead atoms. The lowest BCUT2D eigenvalue weighted by atomic mass is 9.83. The van der Waals surface area contributed by atoms with E-state index in [-0.39, 0.29) is 11.6 Å². The molecule has 156 valence electrons. The number of hydrogen-bond acceptors (Lipinski definition) is 3. The minimum atomic E-state index is -0.420. The Bertz CT molecular complexity index is 652. The molecule has 5 heteroatoms. The van der Waals surface area contributed by atoms with E-state index in [1.165, 1.54) is 41.5 Å². The molecule has 1 aromatic rings. The summed E-state index contributed by atoms with van der Waals surface area (Å²) in [6, 6.07) is 8.98. The normalized spacial score (nSPS) is 21.5. The van der Waals surface area contributed by atoms with Crippen LogP contribution in [-0.2, 0) is 11.2 Å². The first kappa shape index (κ1) is 21.9. The predicted octanol–water partition coefficient (Wildman–Crippen LogP) is 5.34. The van der Waals surface area contributed by atoms with Crippen LogP contribution >= 0.6 is 22.6 Å². The largest absolute Gasteiger partial charge is 0.444 e. The minimum Gasteiger partial charge on any atom is -0.444 e. The van der Waals surface area contributed by atoms with Crippen molar-refractivity contribution in [3.63, 3.8) is 0 Å². The van der Waals surface area contributed by atoms with Crippen molar-refractivity contribution in [3.8, 4) is 0 Å². The highest BCUT2D eigenvalue weighted by molar-refractivity contribution is 14.1. The molecule has 1 aromatic carbocycles. The van der Waals surface area contributed by atoms with Gasteiger partial charge in [0.25, 0.3) is 0 Å². The van der Waals surface area contributed by atoms with Crippen molar-refractivity contribution in [2.75, 3.05) is 26.2 Å². The van der Waals surface area contributed by atoms with Crippen LogP contribution in [0.4, 0.5) is 4.79 Å². The average molecular weight is 498 g/mol. The average Bonchev–Trinajstić information content (AvgIpc) is 2.63. The van der Waals surface area contributed by atoms with E-state index in [0.717, 1.165) is 31.8 Å². The van der Waals surface area contributed by atoms with Gasteiger partial charge in [-0.15, -0.1) is 0 Å². The Morgan fingerprint density at radius 3 is 2.21 bits per heavy atom. The van der Waals surface area contributed by atoms with Gasteiger partial charge >= 0.3 is 6.09 Å². The van der Waals surface area contributed by atoms with Gasteiger partial charge in [0.2, 0.25) is 0 Å². The third-order valence-corrected chi connectivity index (χ3v) is 7.03. The molecule has 0 aliphatic carbocycles. The molecule has 2 fully saturated rings. The van der Waals surface area contributed by atoms with Crippen molar-refractivity contribution < 1.29 is 9.53 Å². The maximum Gasteiger partial charge on any atom is 0.410 e. The molecule has 2 aliphatic heterocycles. The first-order valence-corrected chi connectivity index (χ1v) is 11.7. The van der Waals surface area contributed by atoms with Crippen molar-refractivity contribution in [1.82, 2.24) is 9.80 Å². The van der Waals surface area contributed by atoms with Crippen molar-refractivity contribution in [2.24, 2.45) is 5.92 Å². The van der Waals surface area contributed by atoms with E-state index < -0.39 is 5.60 Å². The van der Waals surface area contributed by atoms with E-state index in [0.29, 0.717) is 0 Å². The second-order valence-corrected chi connectivity index (χ2v) is 11.0. The van der Waals surface area contributed by atoms with Crippen LogP contribution in [0.15, 0.2) is 24.3 Å². The summed E-state index contributed by atoms with van der Waals surface area (Å²) in [5.74, 6) is 0.793. The molecule has 3 rings (SSSR count). The summed E-state index contributed by atoms with van der Waals surface area (Å²) in [6.07, 6.45) is 5.66. The molecular formula is C23H35IN2O2. The van der Waals surface area contributed by atoms with Gasteiger partial charge in [-0.3, -0.25) is 4.90 Å². The number of ether oxygens (including phenoxy) is 1. The number of amides is 1. The molecule has 2 heterocycles. The molecule has 0 atom stereocenters. The second-order valence-electron chi connectivity index (χ2n) is 9.73. The maximum absolute atomic E-state index is 12.3. The molecule has 0 aromatic heterocycles. The molecule has 4 nitrogen and oxygen atoms in total. The minimum absolute atomic E-state index is 0.161. The van der Waals surface area contributed by atoms with Crippen LogP contribution in [0.2, 0.25) is 0 Å². The summed E-state index contributed by atoms with van der Waals surface area (Å²) in [4.78, 5) is 16.9. The highest BCUT2D eigenvalue weighted by Crippen LogP contribution is 2.33. The number of carbonyl (C=O) groups is 1. The van der Waals surface area contributed by atoms with Crippen molar-refractivity contribution in [1.29, 1.82) is 0 Å². The Hall–Kier alpha value is -0.820. The topological polar surface area (TPSA) is 32.8 Å². The lowest BCUT2D eigenvalue weighted by molar-refractivity contribution is -0.0105. The molecule has 2 aliphatic rings. The molecule has 0 unspecified atom stereocenters. The first-order chi connectivity index (χ1) is 13.1. The maximum atomic E-state index is 12.3. The number of carbonyl (C=O) groups excluding carboxylic acids is 1. The summed E-state index contributed by atoms with van der Waals surface area (Å²) in [5.41, 5.74) is 1.26. The molecule has 2 saturated heterocycles. The first-order valence-electron chi connectivity index (χ1n) is 10.6. The highest BCUT2D eigenvalue weighted by atomic mass is 127. The van der Waals surface area contributed by atoms with Crippen LogP contribution in [0.5, 0.6) is 0 Å². The quantitative estimate of drug-likeness (QED) is 0.528. The number of likely N-dealkylation sites (tertiary alicyclic amines) is 2. The van der Waals surface area contributed by atoms with Gasteiger partial charge in [-0.25, -0.2) is 4.79 Å². The Balaban J connectivity index is 1.46. The van der Waals surface area contributed by atoms with Crippen molar-refractivity contribution in [2.45, 2.75) is 70.9 Å². The van der Waals surface area contributed by atoms with Gasteiger partial charge in [0, 0.05) is 22.2 Å². The van der Waals surface area contributed by atoms with E-state index in [1.54, 1.807) is 0 Å². The smallest absolute Gasteiger partial charge is 0.410 e. The molecular weight excluding hydrogens is 463 g/mol. The lowest BCUT2D eigenvalue weighted by Crippen LogP contribution is -2.56. The van der Waals surface area contributed by atoms with Crippen LogP contribution in [-0.4, -0.2) is 53.2 Å². The van der Waals surface area contributed by atoms with Gasteiger partial charge < -0.3 is 9.64 Å². The summed E-state index contributed by atoms with van der Waals surface area (Å²) in [6.45, 7) is 12.1. The Kier molecular flexibility index (Phi) is 6.96. The zero-order chi connectivity index (χ0) is 20.4. The van der Waals surface area contributed by atoms with Crippen molar-refractivity contribution >= 4 is 28.7 Å². The van der Waals surface area contributed by atoms with Gasteiger partial charge in [-0.1, -0.05) is 12.1 Å². The summed E-state index contributed by atoms with van der Waals surface area (Å²) in [5, 5.41) is 0. The van der Waals surface area contributed by atoms with Gasteiger partial charge in [0.15, 0.2) is 0 Å². The van der Waals surface area contributed by atoms with Gasteiger partial charge in [0.05, 0.1) is 0 Å². The fourth-order valence-corrected chi connectivity index (χ4v) is 4.80. The third-order valence-electron chi connectivity index (χ3n) is 6.31. The Morgan fingerprint density at radius 1 is 1.11 bits per heavy atom. The van der Waals surface area contributed by atoms with E-state index >= 15 is 0 Å². The molecule has 0 spiro atoms. The lowest BCUT2D eigenvalue weighted by Gasteiger charge is -2.49. The molecule has 0 radical (unpaired) electrons. The fourth-order valence-electron chi connectivity index (χ4n) is 4.44. The summed E-state index contributed by atoms with van der Waals surface area (Å²) < 4.78 is 6.85. The Morgan fingerprint density at radius 2 is 1.68 bits per heavy atom. The number of nitrogens with zero attached hydrogens (tertiary/aromatic N) is 2. The van der Waals surface area contributed by atoms with Crippen molar-refractivity contribution in [3.05, 3.63) is 33.4 Å². The monoisotopic (exact) mass is 498 g/mol. The zero-order valence-electron chi connectivity index (χ0n) is 17.8. The highest BCUT2D eigenvalue weighted by Gasteiger charge is 2.39. The summed E-state index contributed by atoms with van der Waals surface area (Å²) >= 11 is 2.37. The number of rotatable bonds is 3. The van der Waals surface area contributed by atoms with Gasteiger partial charge in [-0.2, -0.15) is 0 Å². The zero-order valence-corrected chi connectivity index (χ0v) is 20.0. The van der Waals surface area contributed by atoms with Gasteiger partial charge in [-0.05, 0) is 119 Å². The van der Waals surface area contributed by atoms with Crippen LogP contribution in [0.3, 0.4) is 0 Å². The Labute approximate surface area is 184 Å². The number of benzene rings is 1. The summed E-state index contributed by atoms with van der Waals surface area (Å²) in [7, 11) is 0. The standard InChI is InChI=1S/C23H35IN2O2/c1-22(2,3)28-21(27)25-15-11-23(4,12-16-25)26-13-9-19(10-14-26)17-18-5-7-20(24)8-6-18/h5-8,19H,9-17H2,1-4H3. The van der Waals surface area contributed by atoms with E-state index in [2.05, 4.69) is 58.7 Å². The molecule has 0 saturated carbocycles. The third kappa shape index (κ3) is 5.85. The fraction of sp³-hybridized carbons (Fsp3) is 0.696. The molecule has 1 amide bonds. The van der Waals surface area contributed by atoms with Crippen LogP contribution in [0.1, 0.15) is 58.9 Å². The van der Waals surface area contributed by atoms with E-state index in [9.17, 15) is 4.79 Å². The van der Waals surface area contributed by atoms with Crippen LogP contribution in [0, 0.1) is 9.49 Å². The molecule has 0 N–H and O–H groups in total. The predicted molar refractivity (Wildman–Crippen MR) is 123 cm³/mol. The van der Waals surface area contributed by atoms with Gasteiger partial charge in [0.1, 0.15) is 5.60 Å². The van der Waals surface area contributed by atoms with E-state index in [4.69, 9.17) is 4.74 Å². The van der Waals surface area contributed by atoms with Crippen LogP contribution in [0.25, 0.3) is 0 Å². The second kappa shape index (κ2) is 8.90. The number of halogens is 1.